The van der Waals surface area contributed by atoms with Crippen molar-refractivity contribution in [3.05, 3.63) is 24.8 Å². The second-order valence-corrected chi connectivity index (χ2v) is 1.52. The van der Waals surface area contributed by atoms with Crippen molar-refractivity contribution in [1.82, 2.24) is 5.32 Å². The van der Waals surface area contributed by atoms with Gasteiger partial charge in [-0.3, -0.25) is 0 Å². The fraction of sp³-hybridized carbons (Fsp3) is 0.167. The minimum Gasteiger partial charge on any atom is -0.465 e. The maximum atomic E-state index is 9.83. The Hall–Kier alpha value is -1.25. The van der Waals surface area contributed by atoms with Gasteiger partial charge in [0, 0.05) is 6.54 Å². The highest BCUT2D eigenvalue weighted by Crippen LogP contribution is 1.85. The van der Waals surface area contributed by atoms with Gasteiger partial charge in [0.15, 0.2) is 0 Å². The van der Waals surface area contributed by atoms with Crippen molar-refractivity contribution in [2.24, 2.45) is 0 Å². The number of amides is 1. The number of nitrogens with one attached hydrogen (secondary N) is 1. The van der Waals surface area contributed by atoms with Crippen LogP contribution >= 0.6 is 0 Å². The summed E-state index contributed by atoms with van der Waals surface area (Å²) in [6.07, 6.45) is 0.466. The van der Waals surface area contributed by atoms with Crippen LogP contribution in [0.4, 0.5) is 4.79 Å². The van der Waals surface area contributed by atoms with Crippen molar-refractivity contribution in [2.45, 2.75) is 0 Å². The molecule has 0 fully saturated rings. The van der Waals surface area contributed by atoms with E-state index in [2.05, 4.69) is 18.5 Å². The van der Waals surface area contributed by atoms with E-state index in [4.69, 9.17) is 5.11 Å². The molecule has 2 N–H and O–H groups in total. The Morgan fingerprint density at radius 1 is 1.78 bits per heavy atom. The zero-order chi connectivity index (χ0) is 7.28. The third kappa shape index (κ3) is 4.61. The van der Waals surface area contributed by atoms with Crippen LogP contribution < -0.4 is 5.32 Å². The van der Waals surface area contributed by atoms with Crippen LogP contribution in [0.15, 0.2) is 24.8 Å². The molecule has 0 aromatic carbocycles. The second-order valence-electron chi connectivity index (χ2n) is 1.52. The van der Waals surface area contributed by atoms with E-state index in [1.165, 1.54) is 6.08 Å². The van der Waals surface area contributed by atoms with Gasteiger partial charge in [-0.15, -0.1) is 0 Å². The van der Waals surface area contributed by atoms with E-state index >= 15 is 0 Å². The average Bonchev–Trinajstić information content (AvgIpc) is 1.83. The molecular weight excluding hydrogens is 118 g/mol. The van der Waals surface area contributed by atoms with E-state index in [9.17, 15) is 4.79 Å². The van der Waals surface area contributed by atoms with E-state index in [1.54, 1.807) is 0 Å². The molecule has 50 valence electrons. The van der Waals surface area contributed by atoms with Gasteiger partial charge in [-0.25, -0.2) is 4.79 Å². The highest BCUT2D eigenvalue weighted by Gasteiger charge is 1.91. The van der Waals surface area contributed by atoms with Crippen LogP contribution in [0.5, 0.6) is 0 Å². The molecule has 0 aromatic heterocycles. The summed E-state index contributed by atoms with van der Waals surface area (Å²) >= 11 is 0. The molecule has 0 saturated carbocycles. The average molecular weight is 127 g/mol. The first kappa shape index (κ1) is 7.75. The summed E-state index contributed by atoms with van der Waals surface area (Å²) in [4.78, 5) is 9.83. The fourth-order valence-electron chi connectivity index (χ4n) is 0.261. The van der Waals surface area contributed by atoms with Crippen molar-refractivity contribution in [1.29, 1.82) is 0 Å². The van der Waals surface area contributed by atoms with Crippen molar-refractivity contribution in [2.75, 3.05) is 6.54 Å². The molecule has 0 spiro atoms. The molecule has 0 aliphatic rings. The molecule has 0 atom stereocenters. The molecule has 0 aromatic rings. The lowest BCUT2D eigenvalue weighted by molar-refractivity contribution is 0.195. The molecule has 0 aliphatic heterocycles. The molecule has 3 nitrogen and oxygen atoms in total. The van der Waals surface area contributed by atoms with Gasteiger partial charge >= 0.3 is 6.09 Å². The molecule has 1 amide bonds. The van der Waals surface area contributed by atoms with Crippen LogP contribution in [-0.4, -0.2) is 17.7 Å². The Balaban J connectivity index is 3.39. The summed E-state index contributed by atoms with van der Waals surface area (Å²) in [6.45, 7) is 7.16. The molecule has 0 rings (SSSR count). The van der Waals surface area contributed by atoms with Gasteiger partial charge < -0.3 is 10.4 Å². The standard InChI is InChI=1S/C6H9NO2/c1-3-5(2)4-7-6(8)9/h3,7H,1-2,4H2,(H,8,9). The molecule has 9 heavy (non-hydrogen) atoms. The Bertz CT molecular complexity index is 140. The predicted octanol–water partition coefficient (Wildman–Crippen LogP) is 0.996. The lowest BCUT2D eigenvalue weighted by Crippen LogP contribution is -2.22. The first-order valence-corrected chi connectivity index (χ1v) is 2.44. The lowest BCUT2D eigenvalue weighted by Gasteiger charge is -1.97. The van der Waals surface area contributed by atoms with E-state index in [-0.39, 0.29) is 6.54 Å². The number of hydrogen-bond acceptors (Lipinski definition) is 1. The Labute approximate surface area is 53.7 Å². The maximum Gasteiger partial charge on any atom is 0.404 e. The first-order chi connectivity index (χ1) is 4.16. The van der Waals surface area contributed by atoms with Crippen molar-refractivity contribution < 1.29 is 9.90 Å². The molecule has 3 heteroatoms. The third-order valence-electron chi connectivity index (χ3n) is 0.755. The van der Waals surface area contributed by atoms with Gasteiger partial charge in [0.1, 0.15) is 0 Å². The van der Waals surface area contributed by atoms with Crippen LogP contribution in [0.25, 0.3) is 0 Å². The summed E-state index contributed by atoms with van der Waals surface area (Å²) in [7, 11) is 0. The van der Waals surface area contributed by atoms with E-state index in [0.717, 1.165) is 0 Å². The molecule has 0 bridgehead atoms. The molecule has 0 unspecified atom stereocenters. The second kappa shape index (κ2) is 3.72. The van der Waals surface area contributed by atoms with E-state index < -0.39 is 6.09 Å². The predicted molar refractivity (Wildman–Crippen MR) is 35.4 cm³/mol. The van der Waals surface area contributed by atoms with Crippen LogP contribution in [0.3, 0.4) is 0 Å². The Kier molecular flexibility index (Phi) is 3.20. The van der Waals surface area contributed by atoms with Crippen molar-refractivity contribution >= 4 is 6.09 Å². The van der Waals surface area contributed by atoms with E-state index in [0.29, 0.717) is 5.57 Å². The van der Waals surface area contributed by atoms with Gasteiger partial charge in [-0.1, -0.05) is 19.2 Å². The van der Waals surface area contributed by atoms with Crippen molar-refractivity contribution in [3.8, 4) is 0 Å². The number of hydrogen-bond donors (Lipinski definition) is 2. The normalized spacial score (nSPS) is 8.00. The summed E-state index contributed by atoms with van der Waals surface area (Å²) in [5.74, 6) is 0. The third-order valence-corrected chi connectivity index (χ3v) is 0.755. The van der Waals surface area contributed by atoms with Gasteiger partial charge in [0.05, 0.1) is 0 Å². The smallest absolute Gasteiger partial charge is 0.404 e. The molecule has 0 saturated heterocycles. The van der Waals surface area contributed by atoms with Gasteiger partial charge in [0.25, 0.3) is 0 Å². The molecular formula is C6H9NO2. The highest BCUT2D eigenvalue weighted by molar-refractivity contribution is 5.64. The van der Waals surface area contributed by atoms with Gasteiger partial charge in [-0.05, 0) is 5.57 Å². The van der Waals surface area contributed by atoms with Gasteiger partial charge in [0.2, 0.25) is 0 Å². The van der Waals surface area contributed by atoms with E-state index in [1.807, 2.05) is 0 Å². The Morgan fingerprint density at radius 2 is 2.33 bits per heavy atom. The summed E-state index contributed by atoms with van der Waals surface area (Å²) in [5.41, 5.74) is 0.664. The van der Waals surface area contributed by atoms with Crippen LogP contribution in [-0.2, 0) is 0 Å². The molecule has 0 heterocycles. The largest absolute Gasteiger partial charge is 0.465 e. The maximum absolute atomic E-state index is 9.83. The minimum absolute atomic E-state index is 0.249. The van der Waals surface area contributed by atoms with Crippen LogP contribution in [0.2, 0.25) is 0 Å². The fourth-order valence-corrected chi connectivity index (χ4v) is 0.261. The summed E-state index contributed by atoms with van der Waals surface area (Å²) in [6, 6.07) is 0. The first-order valence-electron chi connectivity index (χ1n) is 2.44. The minimum atomic E-state index is -1.04. The lowest BCUT2D eigenvalue weighted by atomic mass is 10.3. The monoisotopic (exact) mass is 127 g/mol. The van der Waals surface area contributed by atoms with Crippen molar-refractivity contribution in [3.63, 3.8) is 0 Å². The SMILES string of the molecule is C=CC(=C)CNC(=O)O. The summed E-state index contributed by atoms with van der Waals surface area (Å²) in [5, 5.41) is 10.2. The quantitative estimate of drug-likeness (QED) is 0.555. The number of rotatable bonds is 3. The topological polar surface area (TPSA) is 49.3 Å². The highest BCUT2D eigenvalue weighted by atomic mass is 16.4. The van der Waals surface area contributed by atoms with Gasteiger partial charge in [-0.2, -0.15) is 0 Å². The number of carboxylic acid groups (broad SMARTS) is 1. The zero-order valence-corrected chi connectivity index (χ0v) is 5.05. The summed E-state index contributed by atoms with van der Waals surface area (Å²) < 4.78 is 0. The zero-order valence-electron chi connectivity index (χ0n) is 5.05. The Morgan fingerprint density at radius 3 is 2.67 bits per heavy atom. The van der Waals surface area contributed by atoms with Crippen LogP contribution in [0, 0.1) is 0 Å². The molecule has 0 aliphatic carbocycles. The molecule has 0 radical (unpaired) electrons. The number of carbonyl (C=O) groups is 1. The van der Waals surface area contributed by atoms with Crippen LogP contribution in [0.1, 0.15) is 0 Å².